The highest BCUT2D eigenvalue weighted by Crippen LogP contribution is 2.35. The smallest absolute Gasteiger partial charge is 0.248 e. The van der Waals surface area contributed by atoms with E-state index in [2.05, 4.69) is 18.7 Å². The van der Waals surface area contributed by atoms with Crippen LogP contribution in [-0.4, -0.2) is 67.8 Å². The number of amides is 1. The van der Waals surface area contributed by atoms with Crippen LogP contribution in [0.3, 0.4) is 0 Å². The molecule has 0 bridgehead atoms. The SMILES string of the molecule is COCC(=O)N(CC(C)C)CC1CN(Cc2ccc(O)c(OC)c2)CC1c1cccc(F)c1. The Morgan fingerprint density at radius 2 is 2.00 bits per heavy atom. The summed E-state index contributed by atoms with van der Waals surface area (Å²) < 4.78 is 24.4. The molecule has 1 amide bonds. The van der Waals surface area contributed by atoms with Gasteiger partial charge in [-0.2, -0.15) is 0 Å². The second kappa shape index (κ2) is 11.5. The quantitative estimate of drug-likeness (QED) is 0.585. The number of phenols is 1. The maximum atomic E-state index is 14.0. The van der Waals surface area contributed by atoms with Crippen LogP contribution >= 0.6 is 0 Å². The van der Waals surface area contributed by atoms with Crippen LogP contribution < -0.4 is 4.74 Å². The fraction of sp³-hybridized carbons (Fsp3) is 0.500. The normalized spacial score (nSPS) is 18.6. The molecule has 7 heteroatoms. The van der Waals surface area contributed by atoms with Crippen molar-refractivity contribution in [3.8, 4) is 11.5 Å². The van der Waals surface area contributed by atoms with Gasteiger partial charge in [-0.3, -0.25) is 9.69 Å². The molecule has 0 spiro atoms. The van der Waals surface area contributed by atoms with Crippen LogP contribution in [0.4, 0.5) is 4.39 Å². The van der Waals surface area contributed by atoms with Crippen molar-refractivity contribution in [1.82, 2.24) is 9.80 Å². The molecule has 6 nitrogen and oxygen atoms in total. The van der Waals surface area contributed by atoms with Crippen molar-refractivity contribution in [3.05, 3.63) is 59.4 Å². The second-order valence-corrected chi connectivity index (χ2v) is 9.25. The van der Waals surface area contributed by atoms with Gasteiger partial charge in [0.2, 0.25) is 5.91 Å². The number of nitrogens with zero attached hydrogens (tertiary/aromatic N) is 2. The highest BCUT2D eigenvalue weighted by Gasteiger charge is 2.36. The van der Waals surface area contributed by atoms with Crippen LogP contribution in [0.15, 0.2) is 42.5 Å². The van der Waals surface area contributed by atoms with Gasteiger partial charge in [-0.25, -0.2) is 4.39 Å². The van der Waals surface area contributed by atoms with Gasteiger partial charge in [0.25, 0.3) is 0 Å². The minimum atomic E-state index is -0.248. The summed E-state index contributed by atoms with van der Waals surface area (Å²) in [7, 11) is 3.06. The van der Waals surface area contributed by atoms with Crippen LogP contribution in [0.5, 0.6) is 11.5 Å². The van der Waals surface area contributed by atoms with Crippen LogP contribution in [0.2, 0.25) is 0 Å². The van der Waals surface area contributed by atoms with Gasteiger partial charge in [0.15, 0.2) is 11.5 Å². The van der Waals surface area contributed by atoms with E-state index < -0.39 is 0 Å². The standard InChI is InChI=1S/C26H35FN2O4/c1-18(2)12-29(26(31)17-32-3)15-21-14-28(13-19-8-9-24(30)25(10-19)33-4)16-23(21)20-6-5-7-22(27)11-20/h5-11,18,21,23,30H,12-17H2,1-4H3. The molecule has 1 N–H and O–H groups in total. The molecule has 3 rings (SSSR count). The fourth-order valence-corrected chi connectivity index (χ4v) is 4.68. The van der Waals surface area contributed by atoms with E-state index in [-0.39, 0.29) is 35.9 Å². The van der Waals surface area contributed by atoms with Crippen LogP contribution in [0.25, 0.3) is 0 Å². The number of phenolic OH excluding ortho intramolecular Hbond substituents is 1. The maximum Gasteiger partial charge on any atom is 0.248 e. The lowest BCUT2D eigenvalue weighted by Crippen LogP contribution is -2.41. The Morgan fingerprint density at radius 1 is 1.21 bits per heavy atom. The molecule has 1 heterocycles. The number of benzene rings is 2. The highest BCUT2D eigenvalue weighted by molar-refractivity contribution is 5.77. The molecule has 0 radical (unpaired) electrons. The van der Waals surface area contributed by atoms with Gasteiger partial charge in [-0.15, -0.1) is 0 Å². The van der Waals surface area contributed by atoms with Crippen molar-refractivity contribution in [2.75, 3.05) is 47.0 Å². The Kier molecular flexibility index (Phi) is 8.69. The summed E-state index contributed by atoms with van der Waals surface area (Å²) >= 11 is 0. The van der Waals surface area contributed by atoms with Crippen LogP contribution in [0, 0.1) is 17.7 Å². The number of hydrogen-bond donors (Lipinski definition) is 1. The van der Waals surface area contributed by atoms with Gasteiger partial charge >= 0.3 is 0 Å². The first-order chi connectivity index (χ1) is 15.8. The Hall–Kier alpha value is -2.64. The summed E-state index contributed by atoms with van der Waals surface area (Å²) in [5.74, 6) is 0.876. The zero-order valence-electron chi connectivity index (χ0n) is 20.0. The van der Waals surface area contributed by atoms with Crippen molar-refractivity contribution in [2.24, 2.45) is 11.8 Å². The van der Waals surface area contributed by atoms with Gasteiger partial charge in [0.1, 0.15) is 12.4 Å². The number of likely N-dealkylation sites (tertiary alicyclic amines) is 1. The lowest BCUT2D eigenvalue weighted by atomic mass is 9.88. The van der Waals surface area contributed by atoms with Crippen molar-refractivity contribution in [3.63, 3.8) is 0 Å². The number of ether oxygens (including phenoxy) is 2. The van der Waals surface area contributed by atoms with Crippen LogP contribution in [0.1, 0.15) is 30.9 Å². The molecule has 1 saturated heterocycles. The lowest BCUT2D eigenvalue weighted by molar-refractivity contribution is -0.136. The minimum absolute atomic E-state index is 0.0223. The largest absolute Gasteiger partial charge is 0.504 e. The van der Waals surface area contributed by atoms with E-state index >= 15 is 0 Å². The number of rotatable bonds is 10. The first-order valence-electron chi connectivity index (χ1n) is 11.4. The number of aromatic hydroxyl groups is 1. The summed E-state index contributed by atoms with van der Waals surface area (Å²) in [6, 6.07) is 12.1. The van der Waals surface area contributed by atoms with Crippen molar-refractivity contribution in [1.29, 1.82) is 0 Å². The third kappa shape index (κ3) is 6.68. The Bertz CT molecular complexity index is 936. The molecule has 2 atom stereocenters. The molecular weight excluding hydrogens is 423 g/mol. The van der Waals surface area contributed by atoms with Gasteiger partial charge in [0, 0.05) is 45.8 Å². The molecule has 0 aromatic heterocycles. The monoisotopic (exact) mass is 458 g/mol. The average molecular weight is 459 g/mol. The average Bonchev–Trinajstić information content (AvgIpc) is 3.16. The number of methoxy groups -OCH3 is 2. The van der Waals surface area contributed by atoms with Gasteiger partial charge in [-0.05, 0) is 47.2 Å². The zero-order chi connectivity index (χ0) is 24.0. The van der Waals surface area contributed by atoms with Crippen LogP contribution in [-0.2, 0) is 16.1 Å². The molecule has 2 aromatic carbocycles. The molecule has 180 valence electrons. The van der Waals surface area contributed by atoms with E-state index in [0.29, 0.717) is 31.3 Å². The van der Waals surface area contributed by atoms with E-state index in [9.17, 15) is 14.3 Å². The molecule has 0 aliphatic carbocycles. The van der Waals surface area contributed by atoms with E-state index in [1.807, 2.05) is 23.1 Å². The molecule has 1 aliphatic heterocycles. The highest BCUT2D eigenvalue weighted by atomic mass is 19.1. The molecule has 33 heavy (non-hydrogen) atoms. The number of carbonyl (C=O) groups is 1. The molecule has 2 unspecified atom stereocenters. The van der Waals surface area contributed by atoms with Gasteiger partial charge < -0.3 is 19.5 Å². The summed E-state index contributed by atoms with van der Waals surface area (Å²) in [4.78, 5) is 16.9. The molecule has 1 aliphatic rings. The maximum absolute atomic E-state index is 14.0. The summed E-state index contributed by atoms with van der Waals surface area (Å²) in [5, 5.41) is 9.90. The minimum Gasteiger partial charge on any atom is -0.504 e. The van der Waals surface area contributed by atoms with E-state index in [0.717, 1.165) is 24.2 Å². The Balaban J connectivity index is 1.83. The first kappa shape index (κ1) is 25.0. The summed E-state index contributed by atoms with van der Waals surface area (Å²) in [5.41, 5.74) is 1.98. The first-order valence-corrected chi connectivity index (χ1v) is 11.4. The number of carbonyl (C=O) groups excluding carboxylic acids is 1. The fourth-order valence-electron chi connectivity index (χ4n) is 4.68. The summed E-state index contributed by atoms with van der Waals surface area (Å²) in [6.45, 7) is 7.70. The molecule has 2 aromatic rings. The molecular formula is C26H35FN2O4. The summed E-state index contributed by atoms with van der Waals surface area (Å²) in [6.07, 6.45) is 0. The predicted molar refractivity (Wildman–Crippen MR) is 126 cm³/mol. The lowest BCUT2D eigenvalue weighted by Gasteiger charge is -2.30. The molecule has 0 saturated carbocycles. The van der Waals surface area contributed by atoms with Gasteiger partial charge in [-0.1, -0.05) is 32.0 Å². The van der Waals surface area contributed by atoms with Crippen molar-refractivity contribution < 1.29 is 23.8 Å². The Labute approximate surface area is 195 Å². The Morgan fingerprint density at radius 3 is 2.67 bits per heavy atom. The van der Waals surface area contributed by atoms with Crippen molar-refractivity contribution in [2.45, 2.75) is 26.3 Å². The van der Waals surface area contributed by atoms with E-state index in [1.54, 1.807) is 18.2 Å². The third-order valence-electron chi connectivity index (χ3n) is 6.10. The van der Waals surface area contributed by atoms with E-state index in [1.165, 1.54) is 20.3 Å². The second-order valence-electron chi connectivity index (χ2n) is 9.25. The van der Waals surface area contributed by atoms with Gasteiger partial charge in [0.05, 0.1) is 7.11 Å². The number of halogens is 1. The van der Waals surface area contributed by atoms with E-state index in [4.69, 9.17) is 9.47 Å². The number of hydrogen-bond acceptors (Lipinski definition) is 5. The molecule has 1 fully saturated rings. The third-order valence-corrected chi connectivity index (χ3v) is 6.10. The zero-order valence-corrected chi connectivity index (χ0v) is 20.0. The predicted octanol–water partition coefficient (Wildman–Crippen LogP) is 3.89. The van der Waals surface area contributed by atoms with Crippen molar-refractivity contribution >= 4 is 5.91 Å². The topological polar surface area (TPSA) is 62.2 Å².